The number of amides is 1. The topological polar surface area (TPSA) is 69.6 Å². The molecule has 2 atom stereocenters. The van der Waals surface area contributed by atoms with Gasteiger partial charge in [0.1, 0.15) is 0 Å². The summed E-state index contributed by atoms with van der Waals surface area (Å²) in [6, 6.07) is -0.647. The molecule has 0 saturated heterocycles. The van der Waals surface area contributed by atoms with Crippen molar-refractivity contribution in [1.82, 2.24) is 5.32 Å². The molecule has 0 aromatic heterocycles. The number of rotatable bonds is 41. The summed E-state index contributed by atoms with van der Waals surface area (Å²) in [5.74, 6) is -0.0992. The van der Waals surface area contributed by atoms with Crippen molar-refractivity contribution in [3.63, 3.8) is 0 Å². The first-order chi connectivity index (χ1) is 27.7. The molecule has 0 aromatic carbocycles. The van der Waals surface area contributed by atoms with Crippen LogP contribution in [0.25, 0.3) is 0 Å². The number of carbonyl (C=O) groups excluding carboxylic acids is 1. The average molecular weight is 776 g/mol. The lowest BCUT2D eigenvalue weighted by Crippen LogP contribution is -2.45. The van der Waals surface area contributed by atoms with Gasteiger partial charge < -0.3 is 15.5 Å². The summed E-state index contributed by atoms with van der Waals surface area (Å²) in [6.45, 7) is 4.18. The average Bonchev–Trinajstić information content (AvgIpc) is 3.20. The summed E-state index contributed by atoms with van der Waals surface area (Å²) in [6.07, 6.45) is 69.5. The Morgan fingerprint density at radius 2 is 0.786 bits per heavy atom. The molecule has 4 nitrogen and oxygen atoms in total. The van der Waals surface area contributed by atoms with Gasteiger partial charge in [-0.25, -0.2) is 0 Å². The third-order valence-corrected chi connectivity index (χ3v) is 10.1. The molecule has 0 heterocycles. The molecule has 0 saturated carbocycles. The molecule has 4 heteroatoms. The second-order valence-electron chi connectivity index (χ2n) is 15.4. The number of hydrogen-bond acceptors (Lipinski definition) is 3. The van der Waals surface area contributed by atoms with Gasteiger partial charge in [0, 0.05) is 6.42 Å². The zero-order chi connectivity index (χ0) is 40.7. The Morgan fingerprint density at radius 1 is 0.446 bits per heavy atom. The smallest absolute Gasteiger partial charge is 0.220 e. The van der Waals surface area contributed by atoms with E-state index in [0.29, 0.717) is 6.42 Å². The van der Waals surface area contributed by atoms with Crippen LogP contribution in [-0.4, -0.2) is 34.9 Å². The van der Waals surface area contributed by atoms with Crippen molar-refractivity contribution in [3.05, 3.63) is 97.2 Å². The van der Waals surface area contributed by atoms with Crippen LogP contribution < -0.4 is 5.32 Å². The quantitative estimate of drug-likeness (QED) is 0.0428. The minimum Gasteiger partial charge on any atom is -0.394 e. The van der Waals surface area contributed by atoms with Crippen molar-refractivity contribution in [1.29, 1.82) is 0 Å². The van der Waals surface area contributed by atoms with E-state index in [1.807, 2.05) is 6.08 Å². The Kier molecular flexibility index (Phi) is 44.4. The van der Waals surface area contributed by atoms with Crippen molar-refractivity contribution in [2.45, 2.75) is 219 Å². The van der Waals surface area contributed by atoms with Crippen LogP contribution in [0, 0.1) is 0 Å². The van der Waals surface area contributed by atoms with Gasteiger partial charge in [0.05, 0.1) is 18.8 Å². The molecule has 0 aliphatic rings. The predicted octanol–water partition coefficient (Wildman–Crippen LogP) is 15.0. The molecule has 0 bridgehead atoms. The number of aliphatic hydroxyl groups is 2. The van der Waals surface area contributed by atoms with E-state index in [9.17, 15) is 15.0 Å². The lowest BCUT2D eigenvalue weighted by Gasteiger charge is -2.19. The Morgan fingerprint density at radius 3 is 1.18 bits per heavy atom. The monoisotopic (exact) mass is 776 g/mol. The molecule has 320 valence electrons. The number of allylic oxidation sites excluding steroid dienone is 15. The van der Waals surface area contributed by atoms with E-state index in [4.69, 9.17) is 0 Å². The van der Waals surface area contributed by atoms with E-state index in [0.717, 1.165) is 83.5 Å². The first-order valence-electron chi connectivity index (χ1n) is 23.5. The van der Waals surface area contributed by atoms with Gasteiger partial charge in [-0.05, 0) is 77.0 Å². The Bertz CT molecular complexity index is 1060. The summed E-state index contributed by atoms with van der Waals surface area (Å²) in [7, 11) is 0. The Labute approximate surface area is 347 Å². The van der Waals surface area contributed by atoms with Gasteiger partial charge in [0.25, 0.3) is 0 Å². The van der Waals surface area contributed by atoms with Gasteiger partial charge in [-0.3, -0.25) is 4.79 Å². The van der Waals surface area contributed by atoms with Gasteiger partial charge >= 0.3 is 0 Å². The molecule has 0 aromatic rings. The third-order valence-electron chi connectivity index (χ3n) is 10.1. The van der Waals surface area contributed by atoms with Crippen LogP contribution >= 0.6 is 0 Å². The maximum absolute atomic E-state index is 12.4. The summed E-state index contributed by atoms with van der Waals surface area (Å²) in [4.78, 5) is 12.4. The van der Waals surface area contributed by atoms with Crippen molar-refractivity contribution < 1.29 is 15.0 Å². The van der Waals surface area contributed by atoms with E-state index in [1.165, 1.54) is 103 Å². The Balaban J connectivity index is 3.70. The molecule has 1 amide bonds. The van der Waals surface area contributed by atoms with Crippen LogP contribution in [0.3, 0.4) is 0 Å². The zero-order valence-electron chi connectivity index (χ0n) is 36.6. The van der Waals surface area contributed by atoms with E-state index in [-0.39, 0.29) is 12.5 Å². The highest BCUT2D eigenvalue weighted by atomic mass is 16.3. The van der Waals surface area contributed by atoms with Crippen molar-refractivity contribution in [2.75, 3.05) is 6.61 Å². The standard InChI is InChI=1S/C52H89NO3/c1-3-5-7-9-11-13-15-17-19-21-23-24-25-26-27-28-30-32-34-36-38-40-42-44-46-48-52(56)53-50(49-54)51(55)47-45-43-41-39-37-35-33-31-29-22-20-18-16-14-12-10-8-6-4-2/h5,7,11,13,17,19,23-24,26-27,30,32,36,38,45,47,50-51,54-55H,3-4,6,8-10,12,14-16,18,20-22,25,28-29,31,33-35,37,39-44,46,48-49H2,1-2H3,(H,53,56)/b7-5-,13-11-,19-17-,24-23-,27-26-,32-30-,38-36-,47-45+. The van der Waals surface area contributed by atoms with Gasteiger partial charge in [-0.15, -0.1) is 0 Å². The third kappa shape index (κ3) is 42.5. The molecular formula is C52H89NO3. The summed E-state index contributed by atoms with van der Waals surface area (Å²) >= 11 is 0. The first kappa shape index (κ1) is 53.3. The van der Waals surface area contributed by atoms with Crippen molar-refractivity contribution in [3.8, 4) is 0 Å². The molecule has 0 spiro atoms. The van der Waals surface area contributed by atoms with E-state index in [1.54, 1.807) is 6.08 Å². The molecule has 2 unspecified atom stereocenters. The minimum atomic E-state index is -0.860. The van der Waals surface area contributed by atoms with Crippen LogP contribution in [0.1, 0.15) is 206 Å². The zero-order valence-corrected chi connectivity index (χ0v) is 36.6. The van der Waals surface area contributed by atoms with Gasteiger partial charge in [-0.2, -0.15) is 0 Å². The molecule has 0 rings (SSSR count). The maximum Gasteiger partial charge on any atom is 0.220 e. The highest BCUT2D eigenvalue weighted by Gasteiger charge is 2.17. The van der Waals surface area contributed by atoms with Gasteiger partial charge in [-0.1, -0.05) is 220 Å². The molecule has 0 aliphatic carbocycles. The fourth-order valence-corrected chi connectivity index (χ4v) is 6.51. The highest BCUT2D eigenvalue weighted by Crippen LogP contribution is 2.15. The lowest BCUT2D eigenvalue weighted by molar-refractivity contribution is -0.123. The normalized spacial score (nSPS) is 13.9. The first-order valence-corrected chi connectivity index (χ1v) is 23.5. The number of unbranched alkanes of at least 4 members (excludes halogenated alkanes) is 20. The van der Waals surface area contributed by atoms with Crippen LogP contribution in [-0.2, 0) is 4.79 Å². The van der Waals surface area contributed by atoms with E-state index >= 15 is 0 Å². The van der Waals surface area contributed by atoms with Gasteiger partial charge in [0.15, 0.2) is 0 Å². The summed E-state index contributed by atoms with van der Waals surface area (Å²) in [5, 5.41) is 23.0. The van der Waals surface area contributed by atoms with Crippen molar-refractivity contribution in [2.24, 2.45) is 0 Å². The number of nitrogens with one attached hydrogen (secondary N) is 1. The van der Waals surface area contributed by atoms with E-state index in [2.05, 4.69) is 104 Å². The second-order valence-corrected chi connectivity index (χ2v) is 15.4. The largest absolute Gasteiger partial charge is 0.394 e. The summed E-state index contributed by atoms with van der Waals surface area (Å²) in [5.41, 5.74) is 0. The molecule has 3 N–H and O–H groups in total. The van der Waals surface area contributed by atoms with Gasteiger partial charge in [0.2, 0.25) is 5.91 Å². The fourth-order valence-electron chi connectivity index (χ4n) is 6.51. The molecular weight excluding hydrogens is 687 g/mol. The summed E-state index contributed by atoms with van der Waals surface area (Å²) < 4.78 is 0. The number of aliphatic hydroxyl groups excluding tert-OH is 2. The molecule has 0 fully saturated rings. The van der Waals surface area contributed by atoms with Crippen LogP contribution in [0.4, 0.5) is 0 Å². The highest BCUT2D eigenvalue weighted by molar-refractivity contribution is 5.76. The predicted molar refractivity (Wildman–Crippen MR) is 248 cm³/mol. The Hall–Kier alpha value is -2.69. The number of hydrogen-bond donors (Lipinski definition) is 3. The maximum atomic E-state index is 12.4. The number of carbonyl (C=O) groups is 1. The van der Waals surface area contributed by atoms with Crippen molar-refractivity contribution >= 4 is 5.91 Å². The SMILES string of the molecule is CC/C=C\C/C=C\C/C=C\C/C=C\C/C=C\C/C=C\C/C=C\CCCCCC(=O)NC(CO)C(O)/C=C/CCCCCCCCCCCCCCCCCCC. The lowest BCUT2D eigenvalue weighted by atomic mass is 10.0. The second kappa shape index (κ2) is 46.7. The van der Waals surface area contributed by atoms with Crippen LogP contribution in [0.2, 0.25) is 0 Å². The van der Waals surface area contributed by atoms with Crippen LogP contribution in [0.5, 0.6) is 0 Å². The molecule has 0 aliphatic heterocycles. The van der Waals surface area contributed by atoms with Crippen LogP contribution in [0.15, 0.2) is 97.2 Å². The molecule has 56 heavy (non-hydrogen) atoms. The van der Waals surface area contributed by atoms with E-state index < -0.39 is 12.1 Å². The minimum absolute atomic E-state index is 0.0992. The molecule has 0 radical (unpaired) electrons. The fraction of sp³-hybridized carbons (Fsp3) is 0.673.